The van der Waals surface area contributed by atoms with Gasteiger partial charge in [0, 0.05) is 12.8 Å². The molecule has 2 nitrogen and oxygen atoms in total. The molecule has 1 atom stereocenters. The molecule has 0 spiro atoms. The third kappa shape index (κ3) is 5.01. The summed E-state index contributed by atoms with van der Waals surface area (Å²) in [6.45, 7) is 1.85. The van der Waals surface area contributed by atoms with E-state index in [1.807, 2.05) is 0 Å². The van der Waals surface area contributed by atoms with Crippen LogP contribution in [0.15, 0.2) is 0 Å². The van der Waals surface area contributed by atoms with E-state index in [1.165, 1.54) is 19.3 Å². The molecule has 0 aliphatic heterocycles. The van der Waals surface area contributed by atoms with Gasteiger partial charge in [0.25, 0.3) is 0 Å². The number of carbonyl (C=O) groups is 1. The number of nitrogens with two attached hydrogens (primary N) is 1. The number of hydrogen-bond donors (Lipinski definition) is 1. The minimum absolute atomic E-state index is 0.0228. The van der Waals surface area contributed by atoms with Crippen molar-refractivity contribution in [1.82, 2.24) is 0 Å². The molecule has 2 N–H and O–H groups in total. The molecule has 1 aliphatic carbocycles. The molecule has 0 radical (unpaired) electrons. The van der Waals surface area contributed by atoms with E-state index >= 15 is 0 Å². The fraction of sp³-hybridized carbons (Fsp3) is 0.929. The van der Waals surface area contributed by atoms with E-state index in [0.29, 0.717) is 12.3 Å². The van der Waals surface area contributed by atoms with Gasteiger partial charge in [-0.1, -0.05) is 39.0 Å². The highest BCUT2D eigenvalue weighted by Crippen LogP contribution is 2.30. The highest BCUT2D eigenvalue weighted by Gasteiger charge is 2.38. The van der Waals surface area contributed by atoms with Crippen LogP contribution in [0.4, 0.5) is 8.78 Å². The van der Waals surface area contributed by atoms with Crippen molar-refractivity contribution in [2.45, 2.75) is 64.2 Å². The van der Waals surface area contributed by atoms with E-state index in [9.17, 15) is 13.6 Å². The van der Waals surface area contributed by atoms with Crippen LogP contribution in [0.2, 0.25) is 0 Å². The van der Waals surface area contributed by atoms with Crippen LogP contribution in [0.3, 0.4) is 0 Å². The molecule has 0 aromatic carbocycles. The normalized spacial score (nSPS) is 19.8. The molecule has 18 heavy (non-hydrogen) atoms. The van der Waals surface area contributed by atoms with Gasteiger partial charge in [0.15, 0.2) is 0 Å². The van der Waals surface area contributed by atoms with Crippen LogP contribution in [-0.2, 0) is 4.79 Å². The summed E-state index contributed by atoms with van der Waals surface area (Å²) in [5.74, 6) is -3.91. The molecule has 0 saturated heterocycles. The highest BCUT2D eigenvalue weighted by molar-refractivity contribution is 5.85. The maximum Gasteiger partial charge on any atom is 0.305 e. The maximum atomic E-state index is 13.6. The third-order valence-corrected chi connectivity index (χ3v) is 3.92. The van der Waals surface area contributed by atoms with Crippen LogP contribution in [-0.4, -0.2) is 18.3 Å². The number of carbonyl (C=O) groups excluding carboxylic acids is 1. The summed E-state index contributed by atoms with van der Waals surface area (Å²) >= 11 is 0. The number of ketones is 1. The summed E-state index contributed by atoms with van der Waals surface area (Å²) in [6, 6.07) is 0. The Morgan fingerprint density at radius 2 is 1.94 bits per heavy atom. The Bertz CT molecular complexity index is 263. The van der Waals surface area contributed by atoms with E-state index < -0.39 is 18.1 Å². The van der Waals surface area contributed by atoms with Gasteiger partial charge < -0.3 is 5.73 Å². The van der Waals surface area contributed by atoms with Crippen LogP contribution in [0, 0.1) is 11.8 Å². The summed E-state index contributed by atoms with van der Waals surface area (Å²) in [7, 11) is 0. The van der Waals surface area contributed by atoms with Gasteiger partial charge in [-0.05, 0) is 24.8 Å². The Morgan fingerprint density at radius 3 is 2.50 bits per heavy atom. The topological polar surface area (TPSA) is 43.1 Å². The second kappa shape index (κ2) is 7.17. The molecular weight excluding hydrogens is 236 g/mol. The van der Waals surface area contributed by atoms with Crippen molar-refractivity contribution in [3.05, 3.63) is 0 Å². The van der Waals surface area contributed by atoms with Crippen LogP contribution in [0.5, 0.6) is 0 Å². The van der Waals surface area contributed by atoms with Crippen LogP contribution in [0.25, 0.3) is 0 Å². The Kier molecular flexibility index (Phi) is 6.19. The number of alkyl halides is 2. The summed E-state index contributed by atoms with van der Waals surface area (Å²) in [4.78, 5) is 11.6. The molecule has 0 heterocycles. The summed E-state index contributed by atoms with van der Waals surface area (Å²) in [5.41, 5.74) is 5.33. The Labute approximate surface area is 108 Å². The third-order valence-electron chi connectivity index (χ3n) is 3.92. The monoisotopic (exact) mass is 261 g/mol. The molecule has 1 rings (SSSR count). The second-order valence-electron chi connectivity index (χ2n) is 5.72. The molecule has 1 saturated carbocycles. The van der Waals surface area contributed by atoms with Gasteiger partial charge in [0.1, 0.15) is 0 Å². The van der Waals surface area contributed by atoms with Crippen LogP contribution in [0.1, 0.15) is 58.3 Å². The smallest absolute Gasteiger partial charge is 0.305 e. The first-order valence-corrected chi connectivity index (χ1v) is 7.07. The molecular formula is C14H25F2NO. The van der Waals surface area contributed by atoms with Crippen molar-refractivity contribution < 1.29 is 13.6 Å². The van der Waals surface area contributed by atoms with Gasteiger partial charge in [-0.3, -0.25) is 4.79 Å². The molecule has 1 fully saturated rings. The standard InChI is InChI=1S/C14H25F2NO/c1-11(10-17)9-14(15,16)13(18)8-7-12-5-3-2-4-6-12/h11-12H,2-10,17H2,1H3. The van der Waals surface area contributed by atoms with Gasteiger partial charge in [-0.15, -0.1) is 0 Å². The molecule has 1 aliphatic rings. The molecule has 0 bridgehead atoms. The quantitative estimate of drug-likeness (QED) is 0.761. The zero-order valence-electron chi connectivity index (χ0n) is 11.3. The van der Waals surface area contributed by atoms with Gasteiger partial charge in [-0.2, -0.15) is 8.78 Å². The first-order valence-electron chi connectivity index (χ1n) is 7.07. The first kappa shape index (κ1) is 15.5. The van der Waals surface area contributed by atoms with Crippen molar-refractivity contribution in [3.8, 4) is 0 Å². The Morgan fingerprint density at radius 1 is 1.33 bits per heavy atom. The maximum absolute atomic E-state index is 13.6. The minimum Gasteiger partial charge on any atom is -0.330 e. The molecule has 0 amide bonds. The van der Waals surface area contributed by atoms with Crippen molar-refractivity contribution >= 4 is 5.78 Å². The van der Waals surface area contributed by atoms with E-state index in [1.54, 1.807) is 6.92 Å². The van der Waals surface area contributed by atoms with Crippen molar-refractivity contribution in [2.75, 3.05) is 6.54 Å². The fourth-order valence-corrected chi connectivity index (χ4v) is 2.63. The van der Waals surface area contributed by atoms with E-state index in [4.69, 9.17) is 5.73 Å². The number of Topliss-reactive ketones (excluding diaryl/α,β-unsaturated/α-hetero) is 1. The van der Waals surface area contributed by atoms with Gasteiger partial charge in [0.2, 0.25) is 5.78 Å². The van der Waals surface area contributed by atoms with Gasteiger partial charge in [0.05, 0.1) is 0 Å². The zero-order valence-corrected chi connectivity index (χ0v) is 11.3. The average Bonchev–Trinajstić information content (AvgIpc) is 2.36. The van der Waals surface area contributed by atoms with Crippen LogP contribution < -0.4 is 5.73 Å². The van der Waals surface area contributed by atoms with Crippen molar-refractivity contribution in [1.29, 1.82) is 0 Å². The lowest BCUT2D eigenvalue weighted by Crippen LogP contribution is -2.33. The minimum atomic E-state index is -3.19. The number of rotatable bonds is 7. The average molecular weight is 261 g/mol. The largest absolute Gasteiger partial charge is 0.330 e. The second-order valence-corrected chi connectivity index (χ2v) is 5.72. The predicted octanol–water partition coefficient (Wildman–Crippen LogP) is 3.54. The fourth-order valence-electron chi connectivity index (χ4n) is 2.63. The zero-order chi connectivity index (χ0) is 13.6. The SMILES string of the molecule is CC(CN)CC(F)(F)C(=O)CCC1CCCCC1. The Hall–Kier alpha value is -0.510. The predicted molar refractivity (Wildman–Crippen MR) is 68.6 cm³/mol. The summed E-state index contributed by atoms with van der Waals surface area (Å²) < 4.78 is 27.2. The molecule has 4 heteroatoms. The lowest BCUT2D eigenvalue weighted by molar-refractivity contribution is -0.145. The molecule has 0 aromatic rings. The van der Waals surface area contributed by atoms with E-state index in [2.05, 4.69) is 0 Å². The molecule has 1 unspecified atom stereocenters. The molecule has 0 aromatic heterocycles. The van der Waals surface area contributed by atoms with Crippen molar-refractivity contribution in [2.24, 2.45) is 17.6 Å². The lowest BCUT2D eigenvalue weighted by atomic mass is 9.85. The van der Waals surface area contributed by atoms with Gasteiger partial charge in [-0.25, -0.2) is 0 Å². The molecule has 106 valence electrons. The van der Waals surface area contributed by atoms with Crippen LogP contribution >= 0.6 is 0 Å². The number of hydrogen-bond acceptors (Lipinski definition) is 2. The Balaban J connectivity index is 2.33. The van der Waals surface area contributed by atoms with Gasteiger partial charge >= 0.3 is 5.92 Å². The van der Waals surface area contributed by atoms with Crippen molar-refractivity contribution in [3.63, 3.8) is 0 Å². The lowest BCUT2D eigenvalue weighted by Gasteiger charge is -2.23. The van der Waals surface area contributed by atoms with E-state index in [0.717, 1.165) is 12.8 Å². The first-order chi connectivity index (χ1) is 8.45. The summed E-state index contributed by atoms with van der Waals surface area (Å²) in [6.07, 6.45) is 6.04. The number of halogens is 2. The highest BCUT2D eigenvalue weighted by atomic mass is 19.3. The van der Waals surface area contributed by atoms with E-state index in [-0.39, 0.29) is 18.9 Å². The summed E-state index contributed by atoms with van der Waals surface area (Å²) in [5, 5.41) is 0.